The second-order valence-electron chi connectivity index (χ2n) is 4.99. The van der Waals surface area contributed by atoms with Gasteiger partial charge in [0.25, 0.3) is 5.91 Å². The van der Waals surface area contributed by atoms with Gasteiger partial charge >= 0.3 is 0 Å². The molecule has 108 valence electrons. The molecule has 3 rings (SSSR count). The van der Waals surface area contributed by atoms with Crippen molar-refractivity contribution >= 4 is 5.91 Å². The van der Waals surface area contributed by atoms with E-state index >= 15 is 0 Å². The third-order valence-electron chi connectivity index (χ3n) is 3.44. The van der Waals surface area contributed by atoms with Gasteiger partial charge in [0.1, 0.15) is 6.33 Å². The minimum atomic E-state index is -0.307. The van der Waals surface area contributed by atoms with E-state index in [0.29, 0.717) is 6.42 Å². The second-order valence-corrected chi connectivity index (χ2v) is 4.99. The molecular formula is C15H16N4O2. The molecule has 0 saturated heterocycles. The Morgan fingerprint density at radius 2 is 2.14 bits per heavy atom. The van der Waals surface area contributed by atoms with Crippen molar-refractivity contribution in [1.29, 1.82) is 0 Å². The maximum Gasteiger partial charge on any atom is 0.291 e. The van der Waals surface area contributed by atoms with Crippen LogP contribution >= 0.6 is 0 Å². The van der Waals surface area contributed by atoms with E-state index in [-0.39, 0.29) is 30.3 Å². The molecule has 0 bridgehead atoms. The van der Waals surface area contributed by atoms with Gasteiger partial charge in [-0.1, -0.05) is 30.4 Å². The van der Waals surface area contributed by atoms with Gasteiger partial charge < -0.3 is 10.4 Å². The van der Waals surface area contributed by atoms with Crippen LogP contribution in [0.25, 0.3) is 5.69 Å². The second kappa shape index (κ2) is 5.88. The van der Waals surface area contributed by atoms with Crippen LogP contribution in [0, 0.1) is 5.92 Å². The first-order valence-corrected chi connectivity index (χ1v) is 6.83. The fourth-order valence-corrected chi connectivity index (χ4v) is 2.32. The summed E-state index contributed by atoms with van der Waals surface area (Å²) in [6.45, 7) is 0.101. The van der Waals surface area contributed by atoms with Crippen LogP contribution in [0.2, 0.25) is 0 Å². The van der Waals surface area contributed by atoms with Crippen molar-refractivity contribution in [3.8, 4) is 5.69 Å². The molecule has 0 radical (unpaired) electrons. The van der Waals surface area contributed by atoms with Gasteiger partial charge in [0.05, 0.1) is 5.69 Å². The van der Waals surface area contributed by atoms with Crippen molar-refractivity contribution in [2.45, 2.75) is 12.5 Å². The van der Waals surface area contributed by atoms with Crippen LogP contribution in [0.4, 0.5) is 0 Å². The average Bonchev–Trinajstić information content (AvgIpc) is 3.17. The smallest absolute Gasteiger partial charge is 0.291 e. The lowest BCUT2D eigenvalue weighted by atomic mass is 10.1. The summed E-state index contributed by atoms with van der Waals surface area (Å²) in [5.41, 5.74) is 0.852. The van der Waals surface area contributed by atoms with Crippen LogP contribution in [-0.2, 0) is 0 Å². The number of aliphatic hydroxyl groups is 1. The SMILES string of the molecule is O=C(N[C@@H]1C=C[C@H](CO)C1)c1ncn(-c2ccccc2)n1. The monoisotopic (exact) mass is 284 g/mol. The highest BCUT2D eigenvalue weighted by atomic mass is 16.3. The van der Waals surface area contributed by atoms with E-state index in [4.69, 9.17) is 5.11 Å². The van der Waals surface area contributed by atoms with E-state index in [9.17, 15) is 4.79 Å². The van der Waals surface area contributed by atoms with Crippen molar-refractivity contribution in [1.82, 2.24) is 20.1 Å². The number of nitrogens with one attached hydrogen (secondary N) is 1. The molecule has 6 heteroatoms. The molecule has 0 spiro atoms. The van der Waals surface area contributed by atoms with Gasteiger partial charge in [-0.2, -0.15) is 0 Å². The number of amides is 1. The zero-order valence-corrected chi connectivity index (χ0v) is 11.4. The topological polar surface area (TPSA) is 80.0 Å². The molecule has 1 aromatic heterocycles. The van der Waals surface area contributed by atoms with E-state index in [1.54, 1.807) is 4.68 Å². The van der Waals surface area contributed by atoms with Gasteiger partial charge in [0, 0.05) is 18.6 Å². The minimum absolute atomic E-state index is 0.0710. The fraction of sp³-hybridized carbons (Fsp3) is 0.267. The maximum atomic E-state index is 12.1. The van der Waals surface area contributed by atoms with Gasteiger partial charge in [0.15, 0.2) is 0 Å². The molecule has 0 saturated carbocycles. The Bertz CT molecular complexity index is 651. The maximum absolute atomic E-state index is 12.1. The normalized spacial score (nSPS) is 20.6. The Morgan fingerprint density at radius 3 is 2.86 bits per heavy atom. The highest BCUT2D eigenvalue weighted by Crippen LogP contribution is 2.17. The predicted molar refractivity (Wildman–Crippen MR) is 76.9 cm³/mol. The molecule has 1 amide bonds. The average molecular weight is 284 g/mol. The standard InChI is InChI=1S/C15H16N4O2/c20-9-11-6-7-12(8-11)17-15(21)14-16-10-19(18-14)13-4-2-1-3-5-13/h1-7,10-12,20H,8-9H2,(H,17,21)/t11-,12+/m0/s1. The van der Waals surface area contributed by atoms with Crippen molar-refractivity contribution in [2.24, 2.45) is 5.92 Å². The van der Waals surface area contributed by atoms with E-state index in [1.807, 2.05) is 42.5 Å². The Hall–Kier alpha value is -2.47. The highest BCUT2D eigenvalue weighted by Gasteiger charge is 2.21. The van der Waals surface area contributed by atoms with Crippen LogP contribution in [0.15, 0.2) is 48.8 Å². The van der Waals surface area contributed by atoms with Gasteiger partial charge in [-0.15, -0.1) is 5.10 Å². The van der Waals surface area contributed by atoms with E-state index < -0.39 is 0 Å². The van der Waals surface area contributed by atoms with Crippen molar-refractivity contribution in [2.75, 3.05) is 6.61 Å². The number of nitrogens with zero attached hydrogens (tertiary/aromatic N) is 3. The Morgan fingerprint density at radius 1 is 1.33 bits per heavy atom. The van der Waals surface area contributed by atoms with E-state index in [0.717, 1.165) is 5.69 Å². The van der Waals surface area contributed by atoms with Crippen LogP contribution in [0.3, 0.4) is 0 Å². The van der Waals surface area contributed by atoms with Gasteiger partial charge in [0.2, 0.25) is 5.82 Å². The minimum Gasteiger partial charge on any atom is -0.396 e. The lowest BCUT2D eigenvalue weighted by Gasteiger charge is -2.10. The molecule has 0 aliphatic heterocycles. The molecule has 1 aromatic carbocycles. The Balaban J connectivity index is 1.66. The van der Waals surface area contributed by atoms with Gasteiger partial charge in [-0.25, -0.2) is 9.67 Å². The number of hydrogen-bond acceptors (Lipinski definition) is 4. The molecule has 2 N–H and O–H groups in total. The number of para-hydroxylation sites is 1. The molecule has 2 aromatic rings. The first-order chi connectivity index (χ1) is 10.3. The molecule has 21 heavy (non-hydrogen) atoms. The summed E-state index contributed by atoms with van der Waals surface area (Å²) >= 11 is 0. The van der Waals surface area contributed by atoms with Crippen molar-refractivity contribution in [3.05, 3.63) is 54.6 Å². The Kier molecular flexibility index (Phi) is 3.79. The number of carbonyl (C=O) groups is 1. The summed E-state index contributed by atoms with van der Waals surface area (Å²) in [4.78, 5) is 16.1. The van der Waals surface area contributed by atoms with E-state index in [1.165, 1.54) is 6.33 Å². The molecule has 0 unspecified atom stereocenters. The van der Waals surface area contributed by atoms with Gasteiger partial charge in [-0.05, 0) is 18.6 Å². The van der Waals surface area contributed by atoms with E-state index in [2.05, 4.69) is 15.4 Å². The quantitative estimate of drug-likeness (QED) is 0.819. The highest BCUT2D eigenvalue weighted by molar-refractivity contribution is 5.90. The summed E-state index contributed by atoms with van der Waals surface area (Å²) in [5, 5.41) is 16.1. The summed E-state index contributed by atoms with van der Waals surface area (Å²) in [7, 11) is 0. The number of aromatic nitrogens is 3. The number of rotatable bonds is 4. The third kappa shape index (κ3) is 3.00. The number of hydrogen-bond donors (Lipinski definition) is 2. The molecule has 6 nitrogen and oxygen atoms in total. The van der Waals surface area contributed by atoms with Gasteiger partial charge in [-0.3, -0.25) is 4.79 Å². The molecule has 2 atom stereocenters. The number of benzene rings is 1. The third-order valence-corrected chi connectivity index (χ3v) is 3.44. The molecule has 1 heterocycles. The summed E-state index contributed by atoms with van der Waals surface area (Å²) in [5.74, 6) is -0.0530. The molecular weight excluding hydrogens is 268 g/mol. The lowest BCUT2D eigenvalue weighted by molar-refractivity contribution is 0.0930. The van der Waals surface area contributed by atoms with Crippen molar-refractivity contribution < 1.29 is 9.90 Å². The first-order valence-electron chi connectivity index (χ1n) is 6.83. The van der Waals surface area contributed by atoms with Crippen LogP contribution < -0.4 is 5.32 Å². The predicted octanol–water partition coefficient (Wildman–Crippen LogP) is 0.934. The molecule has 0 fully saturated rings. The number of aliphatic hydroxyl groups excluding tert-OH is 1. The van der Waals surface area contributed by atoms with Crippen LogP contribution in [-0.4, -0.2) is 38.4 Å². The number of carbonyl (C=O) groups excluding carboxylic acids is 1. The zero-order valence-electron chi connectivity index (χ0n) is 11.4. The van der Waals surface area contributed by atoms with Crippen LogP contribution in [0.5, 0.6) is 0 Å². The summed E-state index contributed by atoms with van der Waals surface area (Å²) in [6.07, 6.45) is 6.04. The summed E-state index contributed by atoms with van der Waals surface area (Å²) in [6, 6.07) is 9.42. The lowest BCUT2D eigenvalue weighted by Crippen LogP contribution is -2.33. The zero-order chi connectivity index (χ0) is 14.7. The van der Waals surface area contributed by atoms with Crippen molar-refractivity contribution in [3.63, 3.8) is 0 Å². The Labute approximate surface area is 122 Å². The fourth-order valence-electron chi connectivity index (χ4n) is 2.32. The largest absolute Gasteiger partial charge is 0.396 e. The molecule has 1 aliphatic carbocycles. The van der Waals surface area contributed by atoms with Crippen LogP contribution in [0.1, 0.15) is 17.0 Å². The summed E-state index contributed by atoms with van der Waals surface area (Å²) < 4.78 is 1.57. The first kappa shape index (κ1) is 13.5. The molecule has 1 aliphatic rings.